The van der Waals surface area contributed by atoms with Crippen molar-refractivity contribution in [1.29, 1.82) is 0 Å². The Morgan fingerprint density at radius 3 is 3.20 bits per heavy atom. The number of imidazole rings is 1. The SMILES string of the molecule is Cn1cnc2cccnc21.[H+].[H+]. The lowest BCUT2D eigenvalue weighted by molar-refractivity contribution is 0.931. The van der Waals surface area contributed by atoms with E-state index in [1.807, 2.05) is 23.7 Å². The fourth-order valence-corrected chi connectivity index (χ4v) is 0.964. The van der Waals surface area contributed by atoms with Gasteiger partial charge in [-0.3, -0.25) is 0 Å². The summed E-state index contributed by atoms with van der Waals surface area (Å²) in [5, 5.41) is 0. The molecule has 0 amide bonds. The molecule has 0 fully saturated rings. The van der Waals surface area contributed by atoms with Gasteiger partial charge in [0.2, 0.25) is 0 Å². The molecule has 2 aromatic heterocycles. The molecule has 0 spiro atoms. The zero-order valence-electron chi connectivity index (χ0n) is 7.65. The lowest BCUT2D eigenvalue weighted by atomic mass is 10.4. The molecule has 0 aliphatic heterocycles. The molecule has 3 nitrogen and oxygen atoms in total. The third-order valence-electron chi connectivity index (χ3n) is 1.47. The highest BCUT2D eigenvalue weighted by molar-refractivity contribution is 5.69. The van der Waals surface area contributed by atoms with Crippen LogP contribution in [0.2, 0.25) is 0 Å². The van der Waals surface area contributed by atoms with E-state index < -0.39 is 0 Å². The molecule has 0 atom stereocenters. The van der Waals surface area contributed by atoms with Crippen molar-refractivity contribution in [3.63, 3.8) is 0 Å². The largest absolute Gasteiger partial charge is 1.00 e. The maximum Gasteiger partial charge on any atom is 1.00 e. The van der Waals surface area contributed by atoms with E-state index in [2.05, 4.69) is 9.97 Å². The molecule has 2 heterocycles. The van der Waals surface area contributed by atoms with Gasteiger partial charge >= 0.3 is 2.85 Å². The summed E-state index contributed by atoms with van der Waals surface area (Å²) in [5.41, 5.74) is 1.88. The number of aryl methyl sites for hydroxylation is 1. The summed E-state index contributed by atoms with van der Waals surface area (Å²) in [7, 11) is 1.93. The minimum Gasteiger partial charge on any atom is -0.318 e. The molecule has 0 saturated carbocycles. The van der Waals surface area contributed by atoms with E-state index in [0.717, 1.165) is 11.2 Å². The van der Waals surface area contributed by atoms with Gasteiger partial charge in [-0.25, -0.2) is 9.97 Å². The number of aromatic nitrogens is 3. The summed E-state index contributed by atoms with van der Waals surface area (Å²) in [6, 6.07) is 3.83. The van der Waals surface area contributed by atoms with Crippen molar-refractivity contribution in [3.8, 4) is 0 Å². The van der Waals surface area contributed by atoms with Gasteiger partial charge in [-0.15, -0.1) is 0 Å². The first-order valence-corrected chi connectivity index (χ1v) is 3.10. The zero-order valence-corrected chi connectivity index (χ0v) is 5.65. The number of pyridine rings is 1. The molecule has 0 aliphatic rings. The Morgan fingerprint density at radius 2 is 2.40 bits per heavy atom. The van der Waals surface area contributed by atoms with Gasteiger partial charge in [0.1, 0.15) is 5.52 Å². The van der Waals surface area contributed by atoms with Gasteiger partial charge in [-0.2, -0.15) is 0 Å². The van der Waals surface area contributed by atoms with E-state index in [0.29, 0.717) is 0 Å². The normalized spacial score (nSPS) is 10.5. The summed E-state index contributed by atoms with van der Waals surface area (Å²) in [5.74, 6) is 0. The molecule has 0 aromatic carbocycles. The smallest absolute Gasteiger partial charge is 0.318 e. The molecule has 0 N–H and O–H groups in total. The predicted octanol–water partition coefficient (Wildman–Crippen LogP) is 1.19. The second kappa shape index (κ2) is 1.80. The van der Waals surface area contributed by atoms with E-state index in [9.17, 15) is 0 Å². The Morgan fingerprint density at radius 1 is 1.50 bits per heavy atom. The highest BCUT2D eigenvalue weighted by atomic mass is 15.1. The van der Waals surface area contributed by atoms with E-state index >= 15 is 0 Å². The summed E-state index contributed by atoms with van der Waals surface area (Å²) >= 11 is 0. The number of hydrogen-bond acceptors (Lipinski definition) is 2. The van der Waals surface area contributed by atoms with Crippen LogP contribution in [0.3, 0.4) is 0 Å². The Bertz CT molecular complexity index is 358. The van der Waals surface area contributed by atoms with Crippen LogP contribution >= 0.6 is 0 Å². The standard InChI is InChI=1S/C7H7N3/c1-10-5-9-6-3-2-4-8-7(6)10/h2-5H,1H3/p+2. The van der Waals surface area contributed by atoms with E-state index in [-0.39, 0.29) is 2.85 Å². The average molecular weight is 135 g/mol. The quantitative estimate of drug-likeness (QED) is 0.543. The summed E-state index contributed by atoms with van der Waals surface area (Å²) < 4.78 is 1.90. The fourth-order valence-electron chi connectivity index (χ4n) is 0.964. The van der Waals surface area contributed by atoms with Crippen molar-refractivity contribution in [2.24, 2.45) is 7.05 Å². The molecule has 0 saturated heterocycles. The average Bonchev–Trinajstić information content (AvgIpc) is 2.34. The third-order valence-corrected chi connectivity index (χ3v) is 1.47. The minimum atomic E-state index is 0. The van der Waals surface area contributed by atoms with E-state index in [4.69, 9.17) is 0 Å². The van der Waals surface area contributed by atoms with Crippen LogP contribution in [0.4, 0.5) is 0 Å². The van der Waals surface area contributed by atoms with Crippen molar-refractivity contribution < 1.29 is 2.85 Å². The molecule has 10 heavy (non-hydrogen) atoms. The van der Waals surface area contributed by atoms with Crippen LogP contribution in [-0.4, -0.2) is 14.5 Å². The fraction of sp³-hybridized carbons (Fsp3) is 0.143. The molecule has 0 bridgehead atoms. The van der Waals surface area contributed by atoms with Gasteiger partial charge in [-0.1, -0.05) is 0 Å². The number of nitrogens with zero attached hydrogens (tertiary/aromatic N) is 3. The maximum atomic E-state index is 4.14. The first-order chi connectivity index (χ1) is 4.88. The monoisotopic (exact) mass is 135 g/mol. The summed E-state index contributed by atoms with van der Waals surface area (Å²) in [4.78, 5) is 8.26. The van der Waals surface area contributed by atoms with Crippen LogP contribution in [0, 0.1) is 0 Å². The number of hydrogen-bond donors (Lipinski definition) is 0. The highest BCUT2D eigenvalue weighted by Crippen LogP contribution is 2.05. The topological polar surface area (TPSA) is 30.7 Å². The van der Waals surface area contributed by atoms with E-state index in [1.165, 1.54) is 0 Å². The molecule has 2 rings (SSSR count). The number of rotatable bonds is 0. The zero-order chi connectivity index (χ0) is 6.97. The molecule has 2 aromatic rings. The van der Waals surface area contributed by atoms with Gasteiger partial charge in [0.25, 0.3) is 0 Å². The van der Waals surface area contributed by atoms with Crippen LogP contribution in [0.5, 0.6) is 0 Å². The second-order valence-electron chi connectivity index (χ2n) is 2.20. The van der Waals surface area contributed by atoms with Gasteiger partial charge in [0.15, 0.2) is 5.65 Å². The van der Waals surface area contributed by atoms with Crippen LogP contribution in [-0.2, 0) is 7.05 Å². The minimum absolute atomic E-state index is 0. The second-order valence-corrected chi connectivity index (χ2v) is 2.20. The van der Waals surface area contributed by atoms with Crippen LogP contribution in [0.15, 0.2) is 24.7 Å². The van der Waals surface area contributed by atoms with Crippen LogP contribution in [0.25, 0.3) is 11.2 Å². The Labute approximate surface area is 61.3 Å². The van der Waals surface area contributed by atoms with Gasteiger partial charge < -0.3 is 4.57 Å². The maximum absolute atomic E-state index is 4.14. The Kier molecular flexibility index (Phi) is 0.974. The van der Waals surface area contributed by atoms with Gasteiger partial charge in [0.05, 0.1) is 6.33 Å². The first-order valence-electron chi connectivity index (χ1n) is 3.10. The van der Waals surface area contributed by atoms with Crippen LogP contribution < -0.4 is 0 Å². The van der Waals surface area contributed by atoms with Crippen LogP contribution in [0.1, 0.15) is 2.85 Å². The molecule has 50 valence electrons. The van der Waals surface area contributed by atoms with Crippen molar-refractivity contribution >= 4 is 11.2 Å². The van der Waals surface area contributed by atoms with Gasteiger partial charge in [0, 0.05) is 13.2 Å². The van der Waals surface area contributed by atoms with Crippen molar-refractivity contribution in [2.45, 2.75) is 0 Å². The van der Waals surface area contributed by atoms with Crippen molar-refractivity contribution in [2.75, 3.05) is 0 Å². The lowest BCUT2D eigenvalue weighted by Crippen LogP contribution is -1.85. The number of fused-ring (bicyclic) bond motifs is 1. The lowest BCUT2D eigenvalue weighted by Gasteiger charge is -1.88. The van der Waals surface area contributed by atoms with Crippen molar-refractivity contribution in [1.82, 2.24) is 14.5 Å². The summed E-state index contributed by atoms with van der Waals surface area (Å²) in [6.45, 7) is 0. The van der Waals surface area contributed by atoms with Crippen molar-refractivity contribution in [3.05, 3.63) is 24.7 Å². The third kappa shape index (κ3) is 0.603. The highest BCUT2D eigenvalue weighted by Gasteiger charge is 1.95. The predicted molar refractivity (Wildman–Crippen MR) is 40.7 cm³/mol. The molecule has 0 unspecified atom stereocenters. The summed E-state index contributed by atoms with van der Waals surface area (Å²) in [6.07, 6.45) is 3.53. The molecular formula is C7H9N3+2. The molecule has 3 heteroatoms. The molecule has 0 radical (unpaired) electrons. The molecule has 0 aliphatic carbocycles. The molecular weight excluding hydrogens is 126 g/mol. The first kappa shape index (κ1) is 5.41. The van der Waals surface area contributed by atoms with E-state index in [1.54, 1.807) is 12.5 Å². The Hall–Kier alpha value is -1.38. The Balaban J connectivity index is 0.000000605. The van der Waals surface area contributed by atoms with Gasteiger partial charge in [-0.05, 0) is 12.1 Å².